The van der Waals surface area contributed by atoms with Crippen LogP contribution in [-0.4, -0.2) is 44.4 Å². The average molecular weight is 442 g/mol. The number of aliphatic hydroxyl groups excluding tert-OH is 1. The van der Waals surface area contributed by atoms with Gasteiger partial charge in [-0.15, -0.1) is 0 Å². The van der Waals surface area contributed by atoms with Gasteiger partial charge in [0.2, 0.25) is 0 Å². The van der Waals surface area contributed by atoms with E-state index in [1.165, 1.54) is 22.3 Å². The molecule has 7 heteroatoms. The lowest BCUT2D eigenvalue weighted by atomic mass is 9.93. The molecule has 7 nitrogen and oxygen atoms in total. The zero-order chi connectivity index (χ0) is 22.4. The SMILES string of the molecule is CN(c1ncnc2c1ncn2C1CCC(CO)O1)C1c2ccccc2CCc2ccccc21. The lowest BCUT2D eigenvalue weighted by Crippen LogP contribution is -2.27. The first-order valence-corrected chi connectivity index (χ1v) is 11.6. The van der Waals surface area contributed by atoms with Gasteiger partial charge in [0, 0.05) is 7.05 Å². The third-order valence-electron chi connectivity index (χ3n) is 7.02. The molecule has 2 aromatic heterocycles. The van der Waals surface area contributed by atoms with Crippen molar-refractivity contribution in [3.63, 3.8) is 0 Å². The number of aliphatic hydroxyl groups is 1. The molecule has 1 saturated heterocycles. The van der Waals surface area contributed by atoms with E-state index in [4.69, 9.17) is 9.72 Å². The predicted molar refractivity (Wildman–Crippen MR) is 126 cm³/mol. The van der Waals surface area contributed by atoms with Crippen molar-refractivity contribution in [3.8, 4) is 0 Å². The first-order valence-electron chi connectivity index (χ1n) is 11.6. The molecule has 3 heterocycles. The molecular weight excluding hydrogens is 414 g/mol. The van der Waals surface area contributed by atoms with Crippen LogP contribution >= 0.6 is 0 Å². The number of rotatable bonds is 4. The second kappa shape index (κ2) is 8.24. The van der Waals surface area contributed by atoms with E-state index in [1.807, 2.05) is 4.57 Å². The zero-order valence-corrected chi connectivity index (χ0v) is 18.6. The molecule has 2 aromatic carbocycles. The summed E-state index contributed by atoms with van der Waals surface area (Å²) in [6.45, 7) is 0.0343. The van der Waals surface area contributed by atoms with Crippen molar-refractivity contribution < 1.29 is 9.84 Å². The highest BCUT2D eigenvalue weighted by atomic mass is 16.5. The summed E-state index contributed by atoms with van der Waals surface area (Å²) >= 11 is 0. The number of benzene rings is 2. The molecule has 0 bridgehead atoms. The molecule has 0 radical (unpaired) electrons. The number of imidazole rings is 1. The highest BCUT2D eigenvalue weighted by Crippen LogP contribution is 2.39. The Hall–Kier alpha value is -3.29. The second-order valence-electron chi connectivity index (χ2n) is 8.91. The van der Waals surface area contributed by atoms with Crippen LogP contribution in [0.2, 0.25) is 0 Å². The Morgan fingerprint density at radius 3 is 2.33 bits per heavy atom. The van der Waals surface area contributed by atoms with Crippen molar-refractivity contribution >= 4 is 17.0 Å². The van der Waals surface area contributed by atoms with Crippen LogP contribution in [-0.2, 0) is 17.6 Å². The van der Waals surface area contributed by atoms with Crippen LogP contribution in [0.4, 0.5) is 5.82 Å². The smallest absolute Gasteiger partial charge is 0.167 e. The first kappa shape index (κ1) is 20.3. The summed E-state index contributed by atoms with van der Waals surface area (Å²) in [5.74, 6) is 0.798. The Kier molecular flexibility index (Phi) is 5.08. The Bertz CT molecular complexity index is 1260. The summed E-state index contributed by atoms with van der Waals surface area (Å²) in [6.07, 6.45) is 6.81. The van der Waals surface area contributed by atoms with E-state index in [0.29, 0.717) is 0 Å². The van der Waals surface area contributed by atoms with E-state index in [0.717, 1.165) is 42.7 Å². The van der Waals surface area contributed by atoms with Crippen LogP contribution in [0.15, 0.2) is 61.2 Å². The normalized spacial score (nSPS) is 20.4. The van der Waals surface area contributed by atoms with Gasteiger partial charge >= 0.3 is 0 Å². The maximum Gasteiger partial charge on any atom is 0.167 e. The molecule has 0 spiro atoms. The maximum atomic E-state index is 9.46. The number of aromatic nitrogens is 4. The minimum atomic E-state index is -0.167. The molecule has 168 valence electrons. The van der Waals surface area contributed by atoms with E-state index >= 15 is 0 Å². The number of fused-ring (bicyclic) bond motifs is 3. The van der Waals surface area contributed by atoms with Crippen molar-refractivity contribution in [3.05, 3.63) is 83.4 Å². The number of aryl methyl sites for hydroxylation is 2. The first-order chi connectivity index (χ1) is 16.2. The number of anilines is 1. The van der Waals surface area contributed by atoms with E-state index in [9.17, 15) is 5.11 Å². The Balaban J connectivity index is 1.46. The average Bonchev–Trinajstić information content (AvgIpc) is 3.47. The number of hydrogen-bond donors (Lipinski definition) is 1. The van der Waals surface area contributed by atoms with Crippen LogP contribution in [0.1, 0.15) is 47.4 Å². The summed E-state index contributed by atoms with van der Waals surface area (Å²) in [5, 5.41) is 9.46. The van der Waals surface area contributed by atoms with Gasteiger partial charge < -0.3 is 14.7 Å². The Labute approximate surface area is 192 Å². The Morgan fingerprint density at radius 2 is 1.67 bits per heavy atom. The largest absolute Gasteiger partial charge is 0.394 e. The predicted octanol–water partition coefficient (Wildman–Crippen LogP) is 3.82. The fourth-order valence-electron chi connectivity index (χ4n) is 5.37. The monoisotopic (exact) mass is 441 g/mol. The van der Waals surface area contributed by atoms with Crippen LogP contribution in [0.5, 0.6) is 0 Å². The van der Waals surface area contributed by atoms with E-state index < -0.39 is 0 Å². The van der Waals surface area contributed by atoms with Crippen LogP contribution in [0.25, 0.3) is 11.2 Å². The van der Waals surface area contributed by atoms with Gasteiger partial charge in [0.25, 0.3) is 0 Å². The zero-order valence-electron chi connectivity index (χ0n) is 18.6. The molecule has 1 aliphatic heterocycles. The van der Waals surface area contributed by atoms with E-state index in [1.54, 1.807) is 12.7 Å². The van der Waals surface area contributed by atoms with Gasteiger partial charge in [-0.05, 0) is 47.9 Å². The third kappa shape index (κ3) is 3.39. The molecule has 2 atom stereocenters. The van der Waals surface area contributed by atoms with Gasteiger partial charge in [0.05, 0.1) is 25.1 Å². The van der Waals surface area contributed by atoms with Gasteiger partial charge in [-0.1, -0.05) is 48.5 Å². The van der Waals surface area contributed by atoms with Crippen molar-refractivity contribution in [2.45, 2.75) is 44.1 Å². The third-order valence-corrected chi connectivity index (χ3v) is 7.02. The molecule has 1 N–H and O–H groups in total. The quantitative estimate of drug-likeness (QED) is 0.519. The second-order valence-corrected chi connectivity index (χ2v) is 8.91. The molecule has 33 heavy (non-hydrogen) atoms. The number of nitrogens with zero attached hydrogens (tertiary/aromatic N) is 5. The van der Waals surface area contributed by atoms with Crippen molar-refractivity contribution in [2.24, 2.45) is 0 Å². The summed E-state index contributed by atoms with van der Waals surface area (Å²) in [7, 11) is 2.10. The van der Waals surface area contributed by atoms with Crippen LogP contribution in [0, 0.1) is 0 Å². The molecular formula is C26H27N5O2. The molecule has 6 rings (SSSR count). The standard InChI is InChI=1S/C26H27N5O2/c1-30(24-20-8-4-2-6-17(20)10-11-18-7-3-5-9-21(18)24)25-23-26(28-15-27-25)31(16-29-23)22-13-12-19(14-32)33-22/h2-9,15-16,19,22,24,32H,10-14H2,1H3. The fraction of sp³-hybridized carbons (Fsp3) is 0.346. The Morgan fingerprint density at radius 1 is 0.970 bits per heavy atom. The minimum Gasteiger partial charge on any atom is -0.394 e. The summed E-state index contributed by atoms with van der Waals surface area (Å²) in [6, 6.07) is 17.5. The van der Waals surface area contributed by atoms with Gasteiger partial charge in [-0.3, -0.25) is 4.57 Å². The number of ether oxygens (including phenoxy) is 1. The summed E-state index contributed by atoms with van der Waals surface area (Å²) < 4.78 is 7.96. The van der Waals surface area contributed by atoms with E-state index in [2.05, 4.69) is 70.4 Å². The number of hydrogen-bond acceptors (Lipinski definition) is 6. The lowest BCUT2D eigenvalue weighted by molar-refractivity contribution is -0.0207. The lowest BCUT2D eigenvalue weighted by Gasteiger charge is -2.31. The fourth-order valence-corrected chi connectivity index (χ4v) is 5.37. The van der Waals surface area contributed by atoms with Gasteiger partial charge in [0.15, 0.2) is 17.0 Å². The highest BCUT2D eigenvalue weighted by molar-refractivity contribution is 5.84. The molecule has 1 fully saturated rings. The van der Waals surface area contributed by atoms with Crippen molar-refractivity contribution in [2.75, 3.05) is 18.6 Å². The molecule has 0 amide bonds. The molecule has 0 saturated carbocycles. The van der Waals surface area contributed by atoms with Crippen molar-refractivity contribution in [1.82, 2.24) is 19.5 Å². The maximum absolute atomic E-state index is 9.46. The van der Waals surface area contributed by atoms with Gasteiger partial charge in [-0.25, -0.2) is 15.0 Å². The van der Waals surface area contributed by atoms with Gasteiger partial charge in [-0.2, -0.15) is 0 Å². The molecule has 2 unspecified atom stereocenters. The highest BCUT2D eigenvalue weighted by Gasteiger charge is 2.31. The minimum absolute atomic E-state index is 0.0321. The van der Waals surface area contributed by atoms with Crippen molar-refractivity contribution in [1.29, 1.82) is 0 Å². The van der Waals surface area contributed by atoms with E-state index in [-0.39, 0.29) is 25.0 Å². The molecule has 4 aromatic rings. The van der Waals surface area contributed by atoms with Gasteiger partial charge in [0.1, 0.15) is 12.6 Å². The summed E-state index contributed by atoms with van der Waals surface area (Å²) in [5.41, 5.74) is 6.87. The topological polar surface area (TPSA) is 76.3 Å². The van der Waals surface area contributed by atoms with Crippen LogP contribution < -0.4 is 4.90 Å². The molecule has 1 aliphatic carbocycles. The van der Waals surface area contributed by atoms with Crippen LogP contribution in [0.3, 0.4) is 0 Å². The molecule has 2 aliphatic rings. The summed E-state index contributed by atoms with van der Waals surface area (Å²) in [4.78, 5) is 16.2.